The molecule has 1 heterocycles. The zero-order valence-electron chi connectivity index (χ0n) is 9.34. The summed E-state index contributed by atoms with van der Waals surface area (Å²) in [7, 11) is -3.72. The molecule has 1 fully saturated rings. The van der Waals surface area contributed by atoms with Gasteiger partial charge in [-0.2, -0.15) is 8.42 Å². The highest BCUT2D eigenvalue weighted by molar-refractivity contribution is 7.86. The van der Waals surface area contributed by atoms with E-state index in [1.165, 1.54) is 12.1 Å². The minimum atomic E-state index is -3.72. The van der Waals surface area contributed by atoms with E-state index in [0.717, 1.165) is 5.56 Å². The van der Waals surface area contributed by atoms with Crippen LogP contribution < -0.4 is 5.32 Å². The van der Waals surface area contributed by atoms with Crippen LogP contribution in [0.2, 0.25) is 0 Å². The van der Waals surface area contributed by atoms with Crippen molar-refractivity contribution < 1.29 is 17.4 Å². The molecular weight excluding hydrogens is 242 g/mol. The zero-order chi connectivity index (χ0) is 12.5. The molecule has 0 spiro atoms. The third-order valence-corrected chi connectivity index (χ3v) is 3.83. The first-order chi connectivity index (χ1) is 7.97. The Morgan fingerprint density at radius 2 is 1.94 bits per heavy atom. The quantitative estimate of drug-likeness (QED) is 0.631. The van der Waals surface area contributed by atoms with E-state index >= 15 is 0 Å². The molecule has 1 unspecified atom stereocenters. The Kier molecular flexibility index (Phi) is 3.17. The fourth-order valence-electron chi connectivity index (χ4n) is 1.48. The smallest absolute Gasteiger partial charge is 0.297 e. The third-order valence-electron chi connectivity index (χ3n) is 2.53. The van der Waals surface area contributed by atoms with Crippen molar-refractivity contribution in [2.75, 3.05) is 6.61 Å². The van der Waals surface area contributed by atoms with Crippen LogP contribution in [0.1, 0.15) is 12.0 Å². The SMILES string of the molecule is Cc1ccc(S(=O)(=O)OCC2CC(=O)N2)cc1. The number of amides is 1. The van der Waals surface area contributed by atoms with Crippen LogP contribution in [0, 0.1) is 6.92 Å². The van der Waals surface area contributed by atoms with Gasteiger partial charge >= 0.3 is 0 Å². The molecule has 1 amide bonds. The monoisotopic (exact) mass is 255 g/mol. The van der Waals surface area contributed by atoms with Crippen molar-refractivity contribution in [3.8, 4) is 0 Å². The van der Waals surface area contributed by atoms with Gasteiger partial charge in [0.05, 0.1) is 17.5 Å². The molecule has 1 N–H and O–H groups in total. The molecule has 0 bridgehead atoms. The molecule has 0 aliphatic carbocycles. The lowest BCUT2D eigenvalue weighted by atomic mass is 10.1. The zero-order valence-corrected chi connectivity index (χ0v) is 10.2. The predicted molar refractivity (Wildman–Crippen MR) is 60.9 cm³/mol. The predicted octanol–water partition coefficient (Wildman–Crippen LogP) is 0.589. The molecule has 1 aromatic carbocycles. The van der Waals surface area contributed by atoms with Crippen molar-refractivity contribution in [1.82, 2.24) is 5.32 Å². The molecule has 1 aliphatic rings. The minimum absolute atomic E-state index is 0.0120. The van der Waals surface area contributed by atoms with Crippen molar-refractivity contribution in [2.24, 2.45) is 0 Å². The van der Waals surface area contributed by atoms with Crippen LogP contribution >= 0.6 is 0 Å². The molecule has 0 radical (unpaired) electrons. The first-order valence-electron chi connectivity index (χ1n) is 5.23. The second-order valence-corrected chi connectivity index (χ2v) is 5.64. The van der Waals surface area contributed by atoms with Crippen LogP contribution in [0.3, 0.4) is 0 Å². The third kappa shape index (κ3) is 2.83. The lowest BCUT2D eigenvalue weighted by Crippen LogP contribution is -2.51. The molecule has 1 saturated heterocycles. The Morgan fingerprint density at radius 3 is 2.47 bits per heavy atom. The highest BCUT2D eigenvalue weighted by atomic mass is 32.2. The number of β-lactam (4-membered cyclic amide) rings is 1. The van der Waals surface area contributed by atoms with Crippen molar-refractivity contribution in [1.29, 1.82) is 0 Å². The highest BCUT2D eigenvalue weighted by Gasteiger charge is 2.27. The van der Waals surface area contributed by atoms with Gasteiger partial charge in [-0.05, 0) is 19.1 Å². The van der Waals surface area contributed by atoms with Crippen molar-refractivity contribution in [3.63, 3.8) is 0 Å². The highest BCUT2D eigenvalue weighted by Crippen LogP contribution is 2.15. The van der Waals surface area contributed by atoms with Gasteiger partial charge in [0.2, 0.25) is 5.91 Å². The first-order valence-corrected chi connectivity index (χ1v) is 6.64. The second kappa shape index (κ2) is 4.46. The van der Waals surface area contributed by atoms with E-state index in [4.69, 9.17) is 4.18 Å². The average Bonchev–Trinajstić information content (AvgIpc) is 2.23. The summed E-state index contributed by atoms with van der Waals surface area (Å²) in [6.07, 6.45) is 0.323. The van der Waals surface area contributed by atoms with Gasteiger partial charge in [0, 0.05) is 6.42 Å². The van der Waals surface area contributed by atoms with Gasteiger partial charge in [-0.1, -0.05) is 17.7 Å². The second-order valence-electron chi connectivity index (χ2n) is 4.02. The Morgan fingerprint density at radius 1 is 1.35 bits per heavy atom. The van der Waals surface area contributed by atoms with E-state index in [2.05, 4.69) is 5.32 Å². The van der Waals surface area contributed by atoms with Gasteiger partial charge in [-0.15, -0.1) is 0 Å². The molecule has 17 heavy (non-hydrogen) atoms. The van der Waals surface area contributed by atoms with Crippen molar-refractivity contribution >= 4 is 16.0 Å². The molecule has 1 aromatic rings. The van der Waals surface area contributed by atoms with Gasteiger partial charge < -0.3 is 5.32 Å². The molecular formula is C11H13NO4S. The van der Waals surface area contributed by atoms with Gasteiger partial charge in [-0.25, -0.2) is 0 Å². The maximum Gasteiger partial charge on any atom is 0.297 e. The summed E-state index contributed by atoms with van der Waals surface area (Å²) in [4.78, 5) is 10.8. The van der Waals surface area contributed by atoms with Gasteiger partial charge in [0.15, 0.2) is 0 Å². The molecule has 0 saturated carbocycles. The molecule has 1 atom stereocenters. The summed E-state index contributed by atoms with van der Waals surface area (Å²) in [6.45, 7) is 1.86. The Labute approximate surface area is 99.9 Å². The topological polar surface area (TPSA) is 72.5 Å². The normalized spacial score (nSPS) is 19.6. The van der Waals surface area contributed by atoms with E-state index in [1.54, 1.807) is 12.1 Å². The van der Waals surface area contributed by atoms with E-state index in [-0.39, 0.29) is 23.5 Å². The lowest BCUT2D eigenvalue weighted by molar-refractivity contribution is -0.128. The summed E-state index contributed by atoms with van der Waals surface area (Å²) < 4.78 is 28.3. The summed E-state index contributed by atoms with van der Waals surface area (Å²) in [5.74, 6) is -0.0775. The number of carbonyl (C=O) groups excluding carboxylic acids is 1. The first kappa shape index (κ1) is 12.1. The standard InChI is InChI=1S/C11H13NO4S/c1-8-2-4-10(5-3-8)17(14,15)16-7-9-6-11(13)12-9/h2-5,9H,6-7H2,1H3,(H,12,13). The van der Waals surface area contributed by atoms with Crippen LogP contribution in [-0.2, 0) is 19.1 Å². The number of carbonyl (C=O) groups is 1. The average molecular weight is 255 g/mol. The van der Waals surface area contributed by atoms with Crippen LogP contribution in [0.4, 0.5) is 0 Å². The van der Waals surface area contributed by atoms with Crippen molar-refractivity contribution in [3.05, 3.63) is 29.8 Å². The maximum atomic E-state index is 11.7. The minimum Gasteiger partial charge on any atom is -0.350 e. The van der Waals surface area contributed by atoms with E-state index < -0.39 is 10.1 Å². The van der Waals surface area contributed by atoms with Crippen LogP contribution in [0.25, 0.3) is 0 Å². The largest absolute Gasteiger partial charge is 0.350 e. The van der Waals surface area contributed by atoms with Crippen LogP contribution in [-0.4, -0.2) is 27.0 Å². The van der Waals surface area contributed by atoms with Crippen molar-refractivity contribution in [2.45, 2.75) is 24.3 Å². The van der Waals surface area contributed by atoms with Crippen LogP contribution in [0.5, 0.6) is 0 Å². The van der Waals surface area contributed by atoms with Gasteiger partial charge in [0.1, 0.15) is 0 Å². The van der Waals surface area contributed by atoms with E-state index in [0.29, 0.717) is 6.42 Å². The Hall–Kier alpha value is -1.40. The number of aryl methyl sites for hydroxylation is 1. The molecule has 92 valence electrons. The summed E-state index contributed by atoms with van der Waals surface area (Å²) in [5.41, 5.74) is 0.982. The summed E-state index contributed by atoms with van der Waals surface area (Å²) >= 11 is 0. The fourth-order valence-corrected chi connectivity index (χ4v) is 2.42. The van der Waals surface area contributed by atoms with Gasteiger partial charge in [-0.3, -0.25) is 8.98 Å². The Bertz CT molecular complexity index is 513. The molecule has 0 aromatic heterocycles. The number of nitrogens with one attached hydrogen (secondary N) is 1. The molecule has 6 heteroatoms. The number of hydrogen-bond acceptors (Lipinski definition) is 4. The Balaban J connectivity index is 1.98. The van der Waals surface area contributed by atoms with Crippen LogP contribution in [0.15, 0.2) is 29.2 Å². The molecule has 1 aliphatic heterocycles. The van der Waals surface area contributed by atoms with E-state index in [1.807, 2.05) is 6.92 Å². The lowest BCUT2D eigenvalue weighted by Gasteiger charge is -2.26. The maximum absolute atomic E-state index is 11.7. The van der Waals surface area contributed by atoms with E-state index in [9.17, 15) is 13.2 Å². The molecule has 2 rings (SSSR count). The molecule has 5 nitrogen and oxygen atoms in total. The summed E-state index contributed by atoms with van der Waals surface area (Å²) in [5, 5.41) is 2.55. The number of benzene rings is 1. The van der Waals surface area contributed by atoms with Gasteiger partial charge in [0.25, 0.3) is 10.1 Å². The number of hydrogen-bond donors (Lipinski definition) is 1. The number of rotatable bonds is 4. The summed E-state index contributed by atoms with van der Waals surface area (Å²) in [6, 6.07) is 6.24. The fraction of sp³-hybridized carbons (Fsp3) is 0.364.